The van der Waals surface area contributed by atoms with E-state index in [1.807, 2.05) is 0 Å². The fraction of sp³-hybridized carbons (Fsp3) is 0.125. The van der Waals surface area contributed by atoms with E-state index in [-0.39, 0.29) is 0 Å². The van der Waals surface area contributed by atoms with Gasteiger partial charge in [-0.25, -0.2) is 0 Å². The molecule has 1 atom stereocenters. The minimum Gasteiger partial charge on any atom is -0.436 e. The Balaban J connectivity index is 3.10. The zero-order valence-electron chi connectivity index (χ0n) is 7.38. The average molecular weight is 248 g/mol. The van der Waals surface area contributed by atoms with Crippen molar-refractivity contribution in [3.8, 4) is 5.75 Å². The first-order valence-electron chi connectivity index (χ1n) is 3.74. The van der Waals surface area contributed by atoms with E-state index in [1.54, 1.807) is 25.1 Å². The molecule has 0 aliphatic carbocycles. The molecule has 0 saturated heterocycles. The molecule has 1 rings (SSSR count). The van der Waals surface area contributed by atoms with Crippen molar-refractivity contribution in [1.82, 2.24) is 0 Å². The van der Waals surface area contributed by atoms with E-state index in [0.29, 0.717) is 16.9 Å². The number of carbonyl (C=O) groups excluding carboxylic acids is 1. The van der Waals surface area contributed by atoms with E-state index in [2.05, 4.69) is 24.1 Å². The first-order valence-corrected chi connectivity index (χ1v) is 7.56. The molecule has 14 heavy (non-hydrogen) atoms. The van der Waals surface area contributed by atoms with Gasteiger partial charge in [0.1, 0.15) is 12.0 Å². The first-order chi connectivity index (χ1) is 6.44. The molecule has 1 aromatic rings. The summed E-state index contributed by atoms with van der Waals surface area (Å²) in [5, 5.41) is 0. The van der Waals surface area contributed by atoms with Crippen molar-refractivity contribution in [3.63, 3.8) is 0 Å². The number of rotatable bonds is 3. The number of aldehydes is 1. The van der Waals surface area contributed by atoms with Crippen LogP contribution in [0.1, 0.15) is 15.9 Å². The lowest BCUT2D eigenvalue weighted by Crippen LogP contribution is -1.92. The highest BCUT2D eigenvalue weighted by Crippen LogP contribution is 2.48. The summed E-state index contributed by atoms with van der Waals surface area (Å²) in [6.45, 7) is 1.72. The predicted octanol–water partition coefficient (Wildman–Crippen LogP) is 2.33. The zero-order valence-corrected chi connectivity index (χ0v) is 9.98. The molecule has 1 N–H and O–H groups in total. The summed E-state index contributed by atoms with van der Waals surface area (Å²) in [6, 6.07) is 4.95. The van der Waals surface area contributed by atoms with Gasteiger partial charge in [0.15, 0.2) is 0 Å². The van der Waals surface area contributed by atoms with E-state index >= 15 is 0 Å². The van der Waals surface area contributed by atoms with Crippen LogP contribution >= 0.6 is 17.9 Å². The number of benzene rings is 1. The van der Waals surface area contributed by atoms with Gasteiger partial charge in [-0.1, -0.05) is 24.4 Å². The van der Waals surface area contributed by atoms with E-state index < -0.39 is 5.69 Å². The molecule has 0 aromatic heterocycles. The first kappa shape index (κ1) is 11.7. The van der Waals surface area contributed by atoms with Crippen LogP contribution in [0, 0.1) is 6.92 Å². The van der Waals surface area contributed by atoms with Crippen LogP contribution in [0.25, 0.3) is 0 Å². The number of thiol groups is 1. The van der Waals surface area contributed by atoms with Gasteiger partial charge in [0, 0.05) is 11.1 Å². The van der Waals surface area contributed by atoms with Crippen LogP contribution in [-0.4, -0.2) is 11.2 Å². The van der Waals surface area contributed by atoms with E-state index in [1.165, 1.54) is 0 Å². The third-order valence-corrected chi connectivity index (χ3v) is 2.57. The molecule has 0 spiro atoms. The molecule has 0 fully saturated rings. The van der Waals surface area contributed by atoms with Crippen molar-refractivity contribution in [1.29, 1.82) is 0 Å². The second-order valence-electron chi connectivity index (χ2n) is 2.67. The molecule has 1 unspecified atom stereocenters. The molecule has 1 aromatic carbocycles. The van der Waals surface area contributed by atoms with Gasteiger partial charge < -0.3 is 9.42 Å². The van der Waals surface area contributed by atoms with Gasteiger partial charge in [0.05, 0.1) is 0 Å². The minimum atomic E-state index is -3.03. The van der Waals surface area contributed by atoms with Gasteiger partial charge in [-0.05, 0) is 24.8 Å². The van der Waals surface area contributed by atoms with Gasteiger partial charge in [-0.15, -0.1) is 0 Å². The Hall–Kier alpha value is -0.350. The molecular weight excluding hydrogens is 239 g/mol. The SMILES string of the molecule is Cc1c(C=O)cccc1OP(O)(=S)S. The Morgan fingerprint density at radius 2 is 2.29 bits per heavy atom. The fourth-order valence-electron chi connectivity index (χ4n) is 0.986. The Morgan fingerprint density at radius 3 is 2.79 bits per heavy atom. The summed E-state index contributed by atoms with van der Waals surface area (Å²) < 4.78 is 5.06. The highest BCUT2D eigenvalue weighted by atomic mass is 32.9. The third-order valence-electron chi connectivity index (χ3n) is 1.67. The lowest BCUT2D eigenvalue weighted by Gasteiger charge is -2.13. The topological polar surface area (TPSA) is 46.5 Å². The molecule has 0 heterocycles. The molecule has 0 bridgehead atoms. The predicted molar refractivity (Wildman–Crippen MR) is 62.7 cm³/mol. The number of hydrogen-bond acceptors (Lipinski definition) is 3. The quantitative estimate of drug-likeness (QED) is 0.489. The van der Waals surface area contributed by atoms with Gasteiger partial charge >= 0.3 is 0 Å². The number of hydrogen-bond donors (Lipinski definition) is 2. The molecular formula is C8H9O3PS2. The minimum absolute atomic E-state index is 0.399. The van der Waals surface area contributed by atoms with Crippen molar-refractivity contribution in [2.75, 3.05) is 0 Å². The maximum absolute atomic E-state index is 10.6. The molecule has 0 aliphatic heterocycles. The largest absolute Gasteiger partial charge is 0.436 e. The lowest BCUT2D eigenvalue weighted by atomic mass is 10.1. The molecule has 0 radical (unpaired) electrons. The second-order valence-corrected chi connectivity index (χ2v) is 7.76. The second kappa shape index (κ2) is 4.45. The molecule has 0 amide bonds. The van der Waals surface area contributed by atoms with Crippen LogP contribution in [0.5, 0.6) is 5.75 Å². The Bertz CT molecular complexity index is 400. The van der Waals surface area contributed by atoms with Crippen LogP contribution in [-0.2, 0) is 11.8 Å². The van der Waals surface area contributed by atoms with Gasteiger partial charge in [0.25, 0.3) is 5.69 Å². The maximum atomic E-state index is 10.6. The molecule has 0 aliphatic rings. The highest BCUT2D eigenvalue weighted by Gasteiger charge is 2.11. The summed E-state index contributed by atoms with van der Waals surface area (Å²) in [4.78, 5) is 19.8. The van der Waals surface area contributed by atoms with E-state index in [0.717, 1.165) is 6.29 Å². The van der Waals surface area contributed by atoms with Crippen molar-refractivity contribution in [2.45, 2.75) is 6.92 Å². The average Bonchev–Trinajstić information content (AvgIpc) is 2.06. The van der Waals surface area contributed by atoms with Crippen LogP contribution < -0.4 is 4.52 Å². The standard InChI is InChI=1S/C8H9O3PS2/c1-6-7(5-9)3-2-4-8(6)11-12(10,13)14/h2-5H,1H3,(H2,10,13,14). The van der Waals surface area contributed by atoms with Crippen molar-refractivity contribution >= 4 is 36.0 Å². The van der Waals surface area contributed by atoms with Crippen LogP contribution in [0.4, 0.5) is 0 Å². The summed E-state index contributed by atoms with van der Waals surface area (Å²) in [5.41, 5.74) is -1.87. The summed E-state index contributed by atoms with van der Waals surface area (Å²) in [7, 11) is 0. The Kier molecular flexibility index (Phi) is 3.72. The molecule has 3 nitrogen and oxygen atoms in total. The summed E-state index contributed by atoms with van der Waals surface area (Å²) >= 11 is 8.37. The van der Waals surface area contributed by atoms with Crippen LogP contribution in [0.15, 0.2) is 18.2 Å². The third kappa shape index (κ3) is 3.10. The smallest absolute Gasteiger partial charge is 0.291 e. The maximum Gasteiger partial charge on any atom is 0.291 e. The highest BCUT2D eigenvalue weighted by molar-refractivity contribution is 8.59. The Morgan fingerprint density at radius 1 is 1.64 bits per heavy atom. The normalized spacial score (nSPS) is 14.5. The van der Waals surface area contributed by atoms with Gasteiger partial charge in [-0.3, -0.25) is 4.79 Å². The Labute approximate surface area is 92.4 Å². The van der Waals surface area contributed by atoms with Crippen LogP contribution in [0.3, 0.4) is 0 Å². The molecule has 6 heteroatoms. The van der Waals surface area contributed by atoms with Crippen molar-refractivity contribution < 1.29 is 14.2 Å². The summed E-state index contributed by atoms with van der Waals surface area (Å²) in [5.74, 6) is 0.399. The summed E-state index contributed by atoms with van der Waals surface area (Å²) in [6.07, 6.45) is 0.724. The van der Waals surface area contributed by atoms with Gasteiger partial charge in [-0.2, -0.15) is 0 Å². The fourth-order valence-corrected chi connectivity index (χ4v) is 1.94. The zero-order chi connectivity index (χ0) is 10.8. The van der Waals surface area contributed by atoms with Crippen molar-refractivity contribution in [3.05, 3.63) is 29.3 Å². The van der Waals surface area contributed by atoms with E-state index in [4.69, 9.17) is 4.52 Å². The monoisotopic (exact) mass is 248 g/mol. The van der Waals surface area contributed by atoms with Crippen LogP contribution in [0.2, 0.25) is 0 Å². The molecule has 0 saturated carbocycles. The number of carbonyl (C=O) groups is 1. The van der Waals surface area contributed by atoms with Gasteiger partial charge in [0.2, 0.25) is 0 Å². The molecule has 76 valence electrons. The van der Waals surface area contributed by atoms with Crippen molar-refractivity contribution in [2.24, 2.45) is 0 Å². The lowest BCUT2D eigenvalue weighted by molar-refractivity contribution is 0.112. The van der Waals surface area contributed by atoms with E-state index in [9.17, 15) is 9.69 Å².